The van der Waals surface area contributed by atoms with E-state index in [1.165, 1.54) is 12.1 Å². The van der Waals surface area contributed by atoms with Crippen LogP contribution in [0.2, 0.25) is 0 Å². The van der Waals surface area contributed by atoms with E-state index in [4.69, 9.17) is 9.15 Å². The zero-order valence-corrected chi connectivity index (χ0v) is 20.1. The van der Waals surface area contributed by atoms with Gasteiger partial charge in [0.05, 0.1) is 17.8 Å². The van der Waals surface area contributed by atoms with Crippen molar-refractivity contribution in [2.75, 3.05) is 6.54 Å². The molecule has 1 N–H and O–H groups in total. The number of hydrogen-bond donors (Lipinski definition) is 1. The number of nitrogens with zero attached hydrogens (tertiary/aromatic N) is 1. The highest BCUT2D eigenvalue weighted by Gasteiger charge is 2.30. The number of piperidine rings is 1. The van der Waals surface area contributed by atoms with Crippen molar-refractivity contribution in [2.24, 2.45) is 0 Å². The first-order valence-electron chi connectivity index (χ1n) is 11.5. The van der Waals surface area contributed by atoms with Crippen LogP contribution in [0.25, 0.3) is 0 Å². The molecule has 0 radical (unpaired) electrons. The van der Waals surface area contributed by atoms with Crippen molar-refractivity contribution >= 4 is 15.9 Å². The van der Waals surface area contributed by atoms with Crippen LogP contribution in [0, 0.1) is 0 Å². The highest BCUT2D eigenvalue weighted by atomic mass is 32.2. The Kier molecular flexibility index (Phi) is 7.82. The molecule has 1 amide bonds. The van der Waals surface area contributed by atoms with Crippen LogP contribution in [0.5, 0.6) is 0 Å². The molecule has 2 aromatic carbocycles. The smallest absolute Gasteiger partial charge is 0.251 e. The standard InChI is InChI=1S/C26H30N2O5S/c1-20-6-2-3-14-28(20)34(30,31)25-12-10-23(11-13-25)26(29)27-17-21-7-4-8-22(16-21)18-32-19-24-9-5-15-33-24/h4-5,7-13,15-16,20H,2-3,6,14,17-19H2,1H3,(H,27,29). The second-order valence-electron chi connectivity index (χ2n) is 8.56. The zero-order valence-electron chi connectivity index (χ0n) is 19.3. The highest BCUT2D eigenvalue weighted by molar-refractivity contribution is 7.89. The first-order chi connectivity index (χ1) is 16.4. The van der Waals surface area contributed by atoms with Gasteiger partial charge in [-0.15, -0.1) is 0 Å². The molecule has 34 heavy (non-hydrogen) atoms. The quantitative estimate of drug-likeness (QED) is 0.485. The lowest BCUT2D eigenvalue weighted by Gasteiger charge is -2.32. The molecule has 0 bridgehead atoms. The first kappa shape index (κ1) is 24.2. The lowest BCUT2D eigenvalue weighted by Crippen LogP contribution is -2.41. The molecule has 0 saturated carbocycles. The van der Waals surface area contributed by atoms with E-state index < -0.39 is 10.0 Å². The van der Waals surface area contributed by atoms with Crippen LogP contribution in [0.1, 0.15) is 53.4 Å². The van der Waals surface area contributed by atoms with Crippen molar-refractivity contribution in [1.29, 1.82) is 0 Å². The summed E-state index contributed by atoms with van der Waals surface area (Å²) in [4.78, 5) is 12.8. The van der Waals surface area contributed by atoms with E-state index in [2.05, 4.69) is 5.32 Å². The topological polar surface area (TPSA) is 88.9 Å². The van der Waals surface area contributed by atoms with E-state index >= 15 is 0 Å². The number of carbonyl (C=O) groups excluding carboxylic acids is 1. The van der Waals surface area contributed by atoms with Crippen LogP contribution in [-0.2, 0) is 34.5 Å². The van der Waals surface area contributed by atoms with E-state index in [0.29, 0.717) is 31.9 Å². The molecule has 1 atom stereocenters. The summed E-state index contributed by atoms with van der Waals surface area (Å²) in [5.74, 6) is 0.516. The van der Waals surface area contributed by atoms with Gasteiger partial charge in [-0.3, -0.25) is 4.79 Å². The number of hydrogen-bond acceptors (Lipinski definition) is 5. The summed E-state index contributed by atoms with van der Waals surface area (Å²) in [6.45, 7) is 3.68. The predicted molar refractivity (Wildman–Crippen MR) is 128 cm³/mol. The van der Waals surface area contributed by atoms with E-state index in [0.717, 1.165) is 36.1 Å². The average molecular weight is 483 g/mol. The van der Waals surface area contributed by atoms with E-state index in [1.54, 1.807) is 22.7 Å². The first-order valence-corrected chi connectivity index (χ1v) is 13.0. The lowest BCUT2D eigenvalue weighted by molar-refractivity contribution is 0.0928. The van der Waals surface area contributed by atoms with Crippen LogP contribution < -0.4 is 5.32 Å². The Morgan fingerprint density at radius 1 is 1.06 bits per heavy atom. The van der Waals surface area contributed by atoms with E-state index in [9.17, 15) is 13.2 Å². The molecule has 1 fully saturated rings. The molecule has 0 spiro atoms. The van der Waals surface area contributed by atoms with Crippen molar-refractivity contribution in [2.45, 2.75) is 56.9 Å². The van der Waals surface area contributed by atoms with Crippen LogP contribution in [0.4, 0.5) is 0 Å². The van der Waals surface area contributed by atoms with Crippen molar-refractivity contribution in [1.82, 2.24) is 9.62 Å². The van der Waals surface area contributed by atoms with Gasteiger partial charge in [0.15, 0.2) is 0 Å². The SMILES string of the molecule is CC1CCCCN1S(=O)(=O)c1ccc(C(=O)NCc2cccc(COCc3ccco3)c2)cc1. The van der Waals surface area contributed by atoms with Crippen molar-refractivity contribution in [3.05, 3.63) is 89.4 Å². The van der Waals surface area contributed by atoms with Gasteiger partial charge in [-0.2, -0.15) is 4.31 Å². The highest BCUT2D eigenvalue weighted by Crippen LogP contribution is 2.25. The molecule has 2 heterocycles. The van der Waals surface area contributed by atoms with Crippen molar-refractivity contribution in [3.63, 3.8) is 0 Å². The molecular weight excluding hydrogens is 452 g/mol. The Bertz CT molecular complexity index is 1190. The molecule has 7 nitrogen and oxygen atoms in total. The molecule has 4 rings (SSSR count). The summed E-state index contributed by atoms with van der Waals surface area (Å²) >= 11 is 0. The number of sulfonamides is 1. The minimum absolute atomic E-state index is 0.00646. The third-order valence-electron chi connectivity index (χ3n) is 6.00. The second-order valence-corrected chi connectivity index (χ2v) is 10.5. The Morgan fingerprint density at radius 3 is 2.59 bits per heavy atom. The molecule has 1 aromatic heterocycles. The molecule has 1 aliphatic heterocycles. The van der Waals surface area contributed by atoms with E-state index in [1.807, 2.05) is 43.3 Å². The Morgan fingerprint density at radius 2 is 1.85 bits per heavy atom. The van der Waals surface area contributed by atoms with Gasteiger partial charge in [-0.05, 0) is 67.3 Å². The molecule has 1 aliphatic rings. The monoisotopic (exact) mass is 482 g/mol. The molecule has 0 aliphatic carbocycles. The Balaban J connectivity index is 1.31. The van der Waals surface area contributed by atoms with Crippen LogP contribution in [0.3, 0.4) is 0 Å². The van der Waals surface area contributed by atoms with Gasteiger partial charge in [-0.1, -0.05) is 30.7 Å². The number of ether oxygens (including phenoxy) is 1. The molecular formula is C26H30N2O5S. The molecule has 3 aromatic rings. The number of rotatable bonds is 9. The molecule has 1 saturated heterocycles. The number of amides is 1. The summed E-state index contributed by atoms with van der Waals surface area (Å²) in [6.07, 6.45) is 4.41. The predicted octanol–water partition coefficient (Wildman–Crippen LogP) is 4.49. The number of furan rings is 1. The zero-order chi connectivity index (χ0) is 24.0. The van der Waals surface area contributed by atoms with Gasteiger partial charge in [0.2, 0.25) is 10.0 Å². The second kappa shape index (κ2) is 11.0. The maximum Gasteiger partial charge on any atom is 0.251 e. The van der Waals surface area contributed by atoms with Crippen LogP contribution in [0.15, 0.2) is 76.2 Å². The van der Waals surface area contributed by atoms with Crippen molar-refractivity contribution < 1.29 is 22.4 Å². The normalized spacial score (nSPS) is 16.9. The average Bonchev–Trinajstić information content (AvgIpc) is 3.37. The fourth-order valence-corrected chi connectivity index (χ4v) is 5.82. The summed E-state index contributed by atoms with van der Waals surface area (Å²) in [6, 6.07) is 17.7. The fourth-order valence-electron chi connectivity index (χ4n) is 4.12. The summed E-state index contributed by atoms with van der Waals surface area (Å²) in [7, 11) is -3.55. The third kappa shape index (κ3) is 5.94. The Labute approximate surface area is 200 Å². The molecule has 180 valence electrons. The van der Waals surface area contributed by atoms with Gasteiger partial charge < -0.3 is 14.5 Å². The lowest BCUT2D eigenvalue weighted by atomic mass is 10.1. The maximum absolute atomic E-state index is 13.0. The summed E-state index contributed by atoms with van der Waals surface area (Å²) < 4.78 is 38.4. The minimum Gasteiger partial charge on any atom is -0.467 e. The number of benzene rings is 2. The molecule has 8 heteroatoms. The van der Waals surface area contributed by atoms with Gasteiger partial charge in [0, 0.05) is 24.7 Å². The number of carbonyl (C=O) groups is 1. The van der Waals surface area contributed by atoms with Gasteiger partial charge >= 0.3 is 0 Å². The summed E-state index contributed by atoms with van der Waals surface area (Å²) in [5.41, 5.74) is 2.37. The molecule has 1 unspecified atom stereocenters. The fraction of sp³-hybridized carbons (Fsp3) is 0.346. The minimum atomic E-state index is -3.55. The number of nitrogens with one attached hydrogen (secondary N) is 1. The third-order valence-corrected chi connectivity index (χ3v) is 8.03. The van der Waals surface area contributed by atoms with Gasteiger partial charge in [0.25, 0.3) is 5.91 Å². The maximum atomic E-state index is 13.0. The summed E-state index contributed by atoms with van der Waals surface area (Å²) in [5, 5.41) is 2.89. The largest absolute Gasteiger partial charge is 0.467 e. The van der Waals surface area contributed by atoms with Crippen molar-refractivity contribution in [3.8, 4) is 0 Å². The Hall–Kier alpha value is -2.94. The van der Waals surface area contributed by atoms with Crippen LogP contribution >= 0.6 is 0 Å². The van der Waals surface area contributed by atoms with E-state index in [-0.39, 0.29) is 16.8 Å². The van der Waals surface area contributed by atoms with Gasteiger partial charge in [-0.25, -0.2) is 8.42 Å². The van der Waals surface area contributed by atoms with Gasteiger partial charge in [0.1, 0.15) is 12.4 Å². The van der Waals surface area contributed by atoms with Crippen LogP contribution in [-0.4, -0.2) is 31.2 Å².